The Bertz CT molecular complexity index is 463. The summed E-state index contributed by atoms with van der Waals surface area (Å²) in [5, 5.41) is 0.0930. The summed E-state index contributed by atoms with van der Waals surface area (Å²) in [5.74, 6) is 1.30. The van der Waals surface area contributed by atoms with Gasteiger partial charge in [0.2, 0.25) is 0 Å². The smallest absolute Gasteiger partial charge is 0.0577 e. The molecule has 4 unspecified atom stereocenters. The first-order valence-corrected chi connectivity index (χ1v) is 8.91. The second-order valence-corrected chi connectivity index (χ2v) is 8.36. The molecule has 1 aromatic carbocycles. The number of nitrogens with two attached hydrogens (primary N) is 1. The first-order valence-electron chi connectivity index (χ1n) is 6.90. The minimum absolute atomic E-state index is 0.0646. The van der Waals surface area contributed by atoms with E-state index < -0.39 is 10.8 Å². The molecule has 2 N–H and O–H groups in total. The molecule has 1 aliphatic rings. The van der Waals surface area contributed by atoms with Crippen molar-refractivity contribution in [3.63, 3.8) is 0 Å². The molecule has 2 rings (SSSR count). The Kier molecular flexibility index (Phi) is 5.21. The lowest BCUT2D eigenvalue weighted by atomic mass is 9.79. The Morgan fingerprint density at radius 2 is 2.11 bits per heavy atom. The number of hydrogen-bond acceptors (Lipinski definition) is 2. The van der Waals surface area contributed by atoms with Crippen molar-refractivity contribution < 1.29 is 4.21 Å². The van der Waals surface area contributed by atoms with E-state index in [9.17, 15) is 4.21 Å². The monoisotopic (exact) mass is 343 g/mol. The minimum atomic E-state index is -1.00. The molecule has 2 nitrogen and oxygen atoms in total. The second kappa shape index (κ2) is 6.51. The van der Waals surface area contributed by atoms with Crippen molar-refractivity contribution in [2.45, 2.75) is 49.3 Å². The zero-order chi connectivity index (χ0) is 14.0. The van der Waals surface area contributed by atoms with Crippen LogP contribution in [0.15, 0.2) is 33.6 Å². The third-order valence-electron chi connectivity index (χ3n) is 4.13. The molecule has 1 saturated carbocycles. The van der Waals surface area contributed by atoms with E-state index in [1.165, 1.54) is 6.42 Å². The topological polar surface area (TPSA) is 43.1 Å². The van der Waals surface area contributed by atoms with Gasteiger partial charge in [0.05, 0.1) is 16.0 Å². The summed E-state index contributed by atoms with van der Waals surface area (Å²) < 4.78 is 13.7. The van der Waals surface area contributed by atoms with Gasteiger partial charge >= 0.3 is 0 Å². The van der Waals surface area contributed by atoms with E-state index in [1.807, 2.05) is 24.3 Å². The van der Waals surface area contributed by atoms with Crippen LogP contribution in [0.2, 0.25) is 0 Å². The van der Waals surface area contributed by atoms with Crippen molar-refractivity contribution in [1.29, 1.82) is 0 Å². The molecule has 106 valence electrons. The van der Waals surface area contributed by atoms with Crippen LogP contribution < -0.4 is 5.73 Å². The van der Waals surface area contributed by atoms with Gasteiger partial charge in [-0.15, -0.1) is 0 Å². The van der Waals surface area contributed by atoms with Crippen LogP contribution >= 0.6 is 15.9 Å². The molecule has 0 heterocycles. The lowest BCUT2D eigenvalue weighted by Gasteiger charge is -2.35. The van der Waals surface area contributed by atoms with Gasteiger partial charge in [0.1, 0.15) is 0 Å². The highest BCUT2D eigenvalue weighted by molar-refractivity contribution is 9.10. The Morgan fingerprint density at radius 3 is 2.74 bits per heavy atom. The highest BCUT2D eigenvalue weighted by Crippen LogP contribution is 2.33. The van der Waals surface area contributed by atoms with Gasteiger partial charge in [-0.2, -0.15) is 0 Å². The zero-order valence-electron chi connectivity index (χ0n) is 11.5. The van der Waals surface area contributed by atoms with Crippen LogP contribution in [0, 0.1) is 11.8 Å². The number of benzene rings is 1. The van der Waals surface area contributed by atoms with Crippen LogP contribution in [0.5, 0.6) is 0 Å². The molecule has 0 aromatic heterocycles. The highest BCUT2D eigenvalue weighted by atomic mass is 79.9. The Labute approximate surface area is 126 Å². The van der Waals surface area contributed by atoms with E-state index in [0.717, 1.165) is 22.2 Å². The van der Waals surface area contributed by atoms with Gasteiger partial charge < -0.3 is 5.73 Å². The molecule has 4 atom stereocenters. The van der Waals surface area contributed by atoms with Crippen LogP contribution in [0.3, 0.4) is 0 Å². The number of hydrogen-bond donors (Lipinski definition) is 1. The molecule has 0 aliphatic heterocycles. The van der Waals surface area contributed by atoms with Crippen molar-refractivity contribution in [1.82, 2.24) is 0 Å². The van der Waals surface area contributed by atoms with E-state index in [1.54, 1.807) is 0 Å². The maximum Gasteiger partial charge on any atom is 0.0577 e. The van der Waals surface area contributed by atoms with E-state index in [0.29, 0.717) is 11.8 Å². The zero-order valence-corrected chi connectivity index (χ0v) is 13.9. The predicted octanol–water partition coefficient (Wildman–Crippen LogP) is 3.71. The lowest BCUT2D eigenvalue weighted by molar-refractivity contribution is 0.264. The summed E-state index contributed by atoms with van der Waals surface area (Å²) >= 11 is 3.44. The maximum atomic E-state index is 12.7. The molecule has 19 heavy (non-hydrogen) atoms. The molecule has 0 amide bonds. The average molecular weight is 344 g/mol. The normalized spacial score (nSPS) is 29.4. The Hall–Kier alpha value is -0.190. The van der Waals surface area contributed by atoms with Gasteiger partial charge in [0.25, 0.3) is 0 Å². The summed E-state index contributed by atoms with van der Waals surface area (Å²) in [4.78, 5) is 0.888. The van der Waals surface area contributed by atoms with E-state index in [4.69, 9.17) is 5.73 Å². The first kappa shape index (κ1) is 15.2. The molecule has 1 fully saturated rings. The summed E-state index contributed by atoms with van der Waals surface area (Å²) in [6, 6.07) is 7.84. The average Bonchev–Trinajstić information content (AvgIpc) is 2.38. The Balaban J connectivity index is 2.17. The van der Waals surface area contributed by atoms with Gasteiger partial charge in [0, 0.05) is 15.4 Å². The fourth-order valence-corrected chi connectivity index (χ4v) is 5.03. The van der Waals surface area contributed by atoms with E-state index in [-0.39, 0.29) is 11.3 Å². The molecule has 1 aromatic rings. The third-order valence-corrected chi connectivity index (χ3v) is 6.43. The van der Waals surface area contributed by atoms with Crippen molar-refractivity contribution in [3.05, 3.63) is 28.7 Å². The largest absolute Gasteiger partial charge is 0.327 e. The fourth-order valence-electron chi connectivity index (χ4n) is 2.80. The van der Waals surface area contributed by atoms with Crippen LogP contribution in [0.4, 0.5) is 0 Å². The summed E-state index contributed by atoms with van der Waals surface area (Å²) in [6.45, 7) is 4.50. The van der Waals surface area contributed by atoms with Crippen molar-refractivity contribution >= 4 is 26.7 Å². The standard InChI is InChI=1S/C15H22BrNOS/c1-10(2)11-6-7-14(17)15(8-11)19(18)13-5-3-4-12(16)9-13/h3-5,9-11,14-15H,6-8,17H2,1-2H3. The van der Waals surface area contributed by atoms with Crippen molar-refractivity contribution in [2.24, 2.45) is 17.6 Å². The summed E-state index contributed by atoms with van der Waals surface area (Å²) in [5.41, 5.74) is 6.21. The lowest BCUT2D eigenvalue weighted by Crippen LogP contribution is -2.43. The van der Waals surface area contributed by atoms with Gasteiger partial charge in [0.15, 0.2) is 0 Å². The van der Waals surface area contributed by atoms with Gasteiger partial charge in [-0.1, -0.05) is 35.8 Å². The summed E-state index contributed by atoms with van der Waals surface area (Å²) in [6.07, 6.45) is 3.15. The Morgan fingerprint density at radius 1 is 1.37 bits per heavy atom. The molecule has 1 aliphatic carbocycles. The van der Waals surface area contributed by atoms with Gasteiger partial charge in [-0.05, 0) is 49.3 Å². The van der Waals surface area contributed by atoms with Crippen LogP contribution in [-0.4, -0.2) is 15.5 Å². The van der Waals surface area contributed by atoms with Crippen molar-refractivity contribution in [3.8, 4) is 0 Å². The fraction of sp³-hybridized carbons (Fsp3) is 0.600. The third kappa shape index (κ3) is 3.67. The minimum Gasteiger partial charge on any atom is -0.327 e. The molecular weight excluding hydrogens is 322 g/mol. The highest BCUT2D eigenvalue weighted by Gasteiger charge is 2.34. The quantitative estimate of drug-likeness (QED) is 0.908. The first-order chi connectivity index (χ1) is 8.99. The van der Waals surface area contributed by atoms with Gasteiger partial charge in [-0.25, -0.2) is 0 Å². The van der Waals surface area contributed by atoms with E-state index >= 15 is 0 Å². The molecule has 0 saturated heterocycles. The molecular formula is C15H22BrNOS. The van der Waals surface area contributed by atoms with Crippen molar-refractivity contribution in [2.75, 3.05) is 0 Å². The molecule has 0 radical (unpaired) electrons. The number of rotatable bonds is 3. The summed E-state index contributed by atoms with van der Waals surface area (Å²) in [7, 11) is -1.00. The molecule has 0 bridgehead atoms. The molecule has 0 spiro atoms. The van der Waals surface area contributed by atoms with Gasteiger partial charge in [-0.3, -0.25) is 4.21 Å². The van der Waals surface area contributed by atoms with E-state index in [2.05, 4.69) is 29.8 Å². The van der Waals surface area contributed by atoms with Crippen LogP contribution in [0.25, 0.3) is 0 Å². The number of halogens is 1. The van der Waals surface area contributed by atoms with Crippen LogP contribution in [0.1, 0.15) is 33.1 Å². The second-order valence-electron chi connectivity index (χ2n) is 5.77. The maximum absolute atomic E-state index is 12.7. The van der Waals surface area contributed by atoms with Crippen LogP contribution in [-0.2, 0) is 10.8 Å². The molecule has 4 heteroatoms. The SMILES string of the molecule is CC(C)C1CCC(N)C(S(=O)c2cccc(Br)c2)C1. The predicted molar refractivity (Wildman–Crippen MR) is 84.5 cm³/mol.